The van der Waals surface area contributed by atoms with Gasteiger partial charge in [0.2, 0.25) is 0 Å². The normalized spacial score (nSPS) is 11.4. The Labute approximate surface area is 259 Å². The van der Waals surface area contributed by atoms with Gasteiger partial charge in [-0.1, -0.05) is 56.6 Å². The van der Waals surface area contributed by atoms with E-state index in [2.05, 4.69) is 57.3 Å². The van der Waals surface area contributed by atoms with E-state index in [1.54, 1.807) is 25.5 Å². The molecule has 0 aliphatic rings. The van der Waals surface area contributed by atoms with E-state index in [4.69, 9.17) is 25.8 Å². The lowest BCUT2D eigenvalue weighted by Gasteiger charge is -2.22. The van der Waals surface area contributed by atoms with Crippen LogP contribution in [0.1, 0.15) is 70.1 Å². The Morgan fingerprint density at radius 3 is 2.16 bits per heavy atom. The van der Waals surface area contributed by atoms with Crippen molar-refractivity contribution in [2.45, 2.75) is 60.2 Å². The number of hydrogen-bond acceptors (Lipinski definition) is 5. The van der Waals surface area contributed by atoms with Crippen molar-refractivity contribution in [2.75, 3.05) is 7.11 Å². The van der Waals surface area contributed by atoms with Crippen LogP contribution in [0, 0.1) is 20.8 Å². The van der Waals surface area contributed by atoms with Crippen molar-refractivity contribution >= 4 is 23.7 Å². The van der Waals surface area contributed by atoms with Crippen molar-refractivity contribution in [2.24, 2.45) is 5.10 Å². The maximum absolute atomic E-state index is 12.6. The number of nitrogens with zero attached hydrogens (tertiary/aromatic N) is 1. The summed E-state index contributed by atoms with van der Waals surface area (Å²) < 4.78 is 17.6. The van der Waals surface area contributed by atoms with Crippen LogP contribution in [-0.4, -0.2) is 19.2 Å². The van der Waals surface area contributed by atoms with E-state index >= 15 is 0 Å². The van der Waals surface area contributed by atoms with Crippen LogP contribution in [0.25, 0.3) is 0 Å². The molecule has 0 spiro atoms. The maximum Gasteiger partial charge on any atom is 0.271 e. The van der Waals surface area contributed by atoms with Gasteiger partial charge >= 0.3 is 0 Å². The van der Waals surface area contributed by atoms with Gasteiger partial charge in [-0.3, -0.25) is 4.79 Å². The third-order valence-electron chi connectivity index (χ3n) is 7.25. The van der Waals surface area contributed by atoms with Gasteiger partial charge in [-0.05, 0) is 114 Å². The smallest absolute Gasteiger partial charge is 0.271 e. The minimum absolute atomic E-state index is 0.0906. The molecule has 0 fully saturated rings. The average molecular weight is 599 g/mol. The molecule has 1 N–H and O–H groups in total. The first-order valence-electron chi connectivity index (χ1n) is 14.2. The highest BCUT2D eigenvalue weighted by atomic mass is 35.5. The highest BCUT2D eigenvalue weighted by Crippen LogP contribution is 2.31. The summed E-state index contributed by atoms with van der Waals surface area (Å²) in [4.78, 5) is 12.6. The maximum atomic E-state index is 12.6. The van der Waals surface area contributed by atoms with Crippen LogP contribution in [0.2, 0.25) is 5.02 Å². The Kier molecular flexibility index (Phi) is 10.1. The van der Waals surface area contributed by atoms with E-state index in [-0.39, 0.29) is 11.3 Å². The number of carbonyl (C=O) groups is 1. The van der Waals surface area contributed by atoms with Gasteiger partial charge in [-0.15, -0.1) is 0 Å². The number of hydrogen-bond donors (Lipinski definition) is 1. The van der Waals surface area contributed by atoms with Crippen LogP contribution in [0.5, 0.6) is 17.2 Å². The van der Waals surface area contributed by atoms with Crippen LogP contribution in [0.3, 0.4) is 0 Å². The molecule has 0 saturated heterocycles. The Morgan fingerprint density at radius 2 is 1.53 bits per heavy atom. The van der Waals surface area contributed by atoms with E-state index in [9.17, 15) is 4.79 Å². The summed E-state index contributed by atoms with van der Waals surface area (Å²) in [6.45, 7) is 13.7. The predicted molar refractivity (Wildman–Crippen MR) is 174 cm³/mol. The molecule has 0 atom stereocenters. The fourth-order valence-corrected chi connectivity index (χ4v) is 4.66. The molecule has 224 valence electrons. The highest BCUT2D eigenvalue weighted by molar-refractivity contribution is 6.31. The van der Waals surface area contributed by atoms with E-state index in [1.165, 1.54) is 22.3 Å². The minimum Gasteiger partial charge on any atom is -0.493 e. The molecule has 7 heteroatoms. The van der Waals surface area contributed by atoms with Crippen molar-refractivity contribution in [1.82, 2.24) is 5.43 Å². The second kappa shape index (κ2) is 13.8. The molecule has 0 bridgehead atoms. The fourth-order valence-electron chi connectivity index (χ4n) is 4.54. The van der Waals surface area contributed by atoms with Gasteiger partial charge in [0.05, 0.1) is 13.3 Å². The Balaban J connectivity index is 1.32. The lowest BCUT2D eigenvalue weighted by molar-refractivity contribution is 0.0955. The molecule has 0 heterocycles. The van der Waals surface area contributed by atoms with Crippen molar-refractivity contribution in [1.29, 1.82) is 0 Å². The first-order valence-corrected chi connectivity index (χ1v) is 14.5. The molecule has 43 heavy (non-hydrogen) atoms. The lowest BCUT2D eigenvalue weighted by atomic mass is 9.84. The Morgan fingerprint density at radius 1 is 0.837 bits per heavy atom. The zero-order valence-electron chi connectivity index (χ0n) is 25.9. The number of hydrazone groups is 1. The number of rotatable bonds is 10. The molecule has 4 aromatic rings. The third-order valence-corrected chi connectivity index (χ3v) is 7.68. The van der Waals surface area contributed by atoms with Crippen LogP contribution in [0.4, 0.5) is 0 Å². The summed E-state index contributed by atoms with van der Waals surface area (Å²) in [6, 6.07) is 22.8. The summed E-state index contributed by atoms with van der Waals surface area (Å²) in [5.74, 6) is 1.65. The number of amides is 1. The van der Waals surface area contributed by atoms with Gasteiger partial charge in [0, 0.05) is 10.6 Å². The average Bonchev–Trinajstić information content (AvgIpc) is 2.97. The molecule has 0 aliphatic carbocycles. The van der Waals surface area contributed by atoms with E-state index in [0.29, 0.717) is 35.3 Å². The summed E-state index contributed by atoms with van der Waals surface area (Å²) in [5.41, 5.74) is 10.7. The predicted octanol–water partition coefficient (Wildman–Crippen LogP) is 8.49. The summed E-state index contributed by atoms with van der Waals surface area (Å²) in [5, 5.41) is 4.83. The first kappa shape index (κ1) is 31.6. The van der Waals surface area contributed by atoms with Crippen molar-refractivity contribution in [3.05, 3.63) is 122 Å². The standard InChI is InChI=1S/C36H39ClN2O4/c1-23-16-29(36(4,5)6)17-24(2)31(23)22-43-33-15-10-27(19-34(33)41-7)20-38-39-35(40)28-11-8-26(9-12-28)21-42-30-13-14-32(37)25(3)18-30/h8-20H,21-22H2,1-7H3,(H,39,40)/b38-20-. The third kappa shape index (κ3) is 8.39. The summed E-state index contributed by atoms with van der Waals surface area (Å²) >= 11 is 6.07. The fraction of sp³-hybridized carbons (Fsp3) is 0.278. The van der Waals surface area contributed by atoms with Crippen LogP contribution in [0.15, 0.2) is 77.9 Å². The van der Waals surface area contributed by atoms with E-state index < -0.39 is 0 Å². The molecule has 6 nitrogen and oxygen atoms in total. The summed E-state index contributed by atoms with van der Waals surface area (Å²) in [7, 11) is 1.60. The quantitative estimate of drug-likeness (QED) is 0.147. The number of nitrogens with one attached hydrogen (secondary N) is 1. The number of carbonyl (C=O) groups excluding carboxylic acids is 1. The SMILES string of the molecule is COc1cc(/C=N\NC(=O)c2ccc(COc3ccc(Cl)c(C)c3)cc2)ccc1OCc1c(C)cc(C(C)(C)C)cc1C. The van der Waals surface area contributed by atoms with Gasteiger partial charge in [0.25, 0.3) is 5.91 Å². The highest BCUT2D eigenvalue weighted by Gasteiger charge is 2.17. The van der Waals surface area contributed by atoms with E-state index in [1.807, 2.05) is 55.5 Å². The monoisotopic (exact) mass is 598 g/mol. The minimum atomic E-state index is -0.313. The largest absolute Gasteiger partial charge is 0.493 e. The zero-order valence-corrected chi connectivity index (χ0v) is 26.6. The number of halogens is 1. The molecule has 4 aromatic carbocycles. The zero-order chi connectivity index (χ0) is 31.1. The van der Waals surface area contributed by atoms with Crippen LogP contribution >= 0.6 is 11.6 Å². The molecular formula is C36H39ClN2O4. The first-order chi connectivity index (χ1) is 20.4. The number of aryl methyl sites for hydroxylation is 3. The lowest BCUT2D eigenvalue weighted by Crippen LogP contribution is -2.17. The number of methoxy groups -OCH3 is 1. The number of benzene rings is 4. The van der Waals surface area contributed by atoms with Crippen molar-refractivity contribution in [3.8, 4) is 17.2 Å². The van der Waals surface area contributed by atoms with Gasteiger partial charge in [-0.25, -0.2) is 5.43 Å². The van der Waals surface area contributed by atoms with Gasteiger partial charge < -0.3 is 14.2 Å². The molecule has 0 aromatic heterocycles. The molecular weight excluding hydrogens is 560 g/mol. The van der Waals surface area contributed by atoms with Crippen molar-refractivity contribution < 1.29 is 19.0 Å². The summed E-state index contributed by atoms with van der Waals surface area (Å²) in [6.07, 6.45) is 1.57. The van der Waals surface area contributed by atoms with Gasteiger partial charge in [0.1, 0.15) is 19.0 Å². The molecule has 4 rings (SSSR count). The Hall–Kier alpha value is -4.29. The second-order valence-corrected chi connectivity index (χ2v) is 12.0. The molecule has 0 aliphatic heterocycles. The molecule has 0 radical (unpaired) electrons. The molecule has 0 saturated carbocycles. The van der Waals surface area contributed by atoms with Gasteiger partial charge in [-0.2, -0.15) is 5.10 Å². The van der Waals surface area contributed by atoms with E-state index in [0.717, 1.165) is 22.4 Å². The van der Waals surface area contributed by atoms with Crippen LogP contribution < -0.4 is 19.6 Å². The second-order valence-electron chi connectivity index (χ2n) is 11.6. The van der Waals surface area contributed by atoms with Gasteiger partial charge in [0.15, 0.2) is 11.5 Å². The van der Waals surface area contributed by atoms with Crippen LogP contribution in [-0.2, 0) is 18.6 Å². The topological polar surface area (TPSA) is 69.2 Å². The van der Waals surface area contributed by atoms with Crippen molar-refractivity contribution in [3.63, 3.8) is 0 Å². The molecule has 0 unspecified atom stereocenters. The Bertz CT molecular complexity index is 1600. The molecule has 1 amide bonds. The number of ether oxygens (including phenoxy) is 3.